The molecule has 7 nitrogen and oxygen atoms in total. The molecule has 1 aliphatic carbocycles. The number of carbonyl (C=O) groups is 2. The highest BCUT2D eigenvalue weighted by Gasteiger charge is 2.27. The van der Waals surface area contributed by atoms with Crippen molar-refractivity contribution in [3.05, 3.63) is 70.5 Å². The number of pyridine rings is 1. The average Bonchev–Trinajstić information content (AvgIpc) is 3.45. The highest BCUT2D eigenvalue weighted by atomic mass is 32.1. The number of fused-ring (bicyclic) bond motifs is 1. The van der Waals surface area contributed by atoms with Crippen LogP contribution in [0.1, 0.15) is 80.8 Å². The Morgan fingerprint density at radius 1 is 1.07 bits per heavy atom. The third kappa shape index (κ3) is 6.81. The summed E-state index contributed by atoms with van der Waals surface area (Å²) < 4.78 is 7.77. The van der Waals surface area contributed by atoms with E-state index in [1.807, 2.05) is 39.2 Å². The number of aliphatic carboxylic acids is 1. The van der Waals surface area contributed by atoms with Crippen LogP contribution < -0.4 is 0 Å². The highest BCUT2D eigenvalue weighted by Crippen LogP contribution is 2.41. The number of aromatic nitrogens is 3. The van der Waals surface area contributed by atoms with E-state index in [1.54, 1.807) is 17.4 Å². The van der Waals surface area contributed by atoms with Crippen molar-refractivity contribution in [2.24, 2.45) is 0 Å². The van der Waals surface area contributed by atoms with Gasteiger partial charge in [-0.3, -0.25) is 4.79 Å². The first kappa shape index (κ1) is 29.7. The summed E-state index contributed by atoms with van der Waals surface area (Å²) in [5.41, 5.74) is 6.34. The topological polar surface area (TPSA) is 94.3 Å². The van der Waals surface area contributed by atoms with Gasteiger partial charge in [0.15, 0.2) is 0 Å². The summed E-state index contributed by atoms with van der Waals surface area (Å²) in [4.78, 5) is 35.0. The van der Waals surface area contributed by atoms with E-state index in [9.17, 15) is 14.7 Å². The minimum atomic E-state index is -0.988. The molecule has 3 heterocycles. The Morgan fingerprint density at radius 2 is 1.83 bits per heavy atom. The molecule has 0 atom stereocenters. The number of hydrogen-bond donors (Lipinski definition) is 1. The van der Waals surface area contributed by atoms with Crippen LogP contribution in [0.5, 0.6) is 0 Å². The molecule has 0 unspecified atom stereocenters. The number of ether oxygens (including phenoxy) is 1. The number of carbonyl (C=O) groups excluding carboxylic acids is 1. The zero-order valence-corrected chi connectivity index (χ0v) is 25.9. The summed E-state index contributed by atoms with van der Waals surface area (Å²) in [5.74, 6) is -0.928. The van der Waals surface area contributed by atoms with Gasteiger partial charge in [0, 0.05) is 23.6 Å². The Balaban J connectivity index is 1.63. The fraction of sp³-hybridized carbons (Fsp3) is 0.412. The molecular weight excluding hydrogens is 546 g/mol. The van der Waals surface area contributed by atoms with Crippen molar-refractivity contribution >= 4 is 34.2 Å². The van der Waals surface area contributed by atoms with Crippen molar-refractivity contribution in [1.29, 1.82) is 0 Å². The molecule has 0 radical (unpaired) electrons. The predicted molar refractivity (Wildman–Crippen MR) is 168 cm³/mol. The fourth-order valence-electron chi connectivity index (χ4n) is 5.97. The molecule has 5 rings (SSSR count). The third-order valence-electron chi connectivity index (χ3n) is 7.65. The monoisotopic (exact) mass is 585 g/mol. The first-order valence-electron chi connectivity index (χ1n) is 14.7. The van der Waals surface area contributed by atoms with Crippen LogP contribution in [0.4, 0.5) is 0 Å². The molecule has 1 aliphatic rings. The van der Waals surface area contributed by atoms with E-state index < -0.39 is 11.6 Å². The number of aryl methyl sites for hydroxylation is 2. The van der Waals surface area contributed by atoms with E-state index in [0.29, 0.717) is 12.3 Å². The van der Waals surface area contributed by atoms with Gasteiger partial charge >= 0.3 is 11.9 Å². The van der Waals surface area contributed by atoms with Gasteiger partial charge in [-0.15, -0.1) is 11.3 Å². The number of thiazole rings is 1. The Morgan fingerprint density at radius 3 is 2.50 bits per heavy atom. The lowest BCUT2D eigenvalue weighted by Crippen LogP contribution is -2.27. The second-order valence-electron chi connectivity index (χ2n) is 12.1. The lowest BCUT2D eigenvalue weighted by atomic mass is 9.83. The highest BCUT2D eigenvalue weighted by molar-refractivity contribution is 7.15. The molecule has 8 heteroatoms. The van der Waals surface area contributed by atoms with Crippen LogP contribution in [0.2, 0.25) is 0 Å². The van der Waals surface area contributed by atoms with Crippen molar-refractivity contribution in [3.8, 4) is 21.8 Å². The lowest BCUT2D eigenvalue weighted by molar-refractivity contribution is -0.155. The minimum absolute atomic E-state index is 0.0504. The maximum atomic E-state index is 13.2. The minimum Gasteiger partial charge on any atom is -0.478 e. The van der Waals surface area contributed by atoms with Gasteiger partial charge in [0.2, 0.25) is 0 Å². The Bertz CT molecular complexity index is 1650. The summed E-state index contributed by atoms with van der Waals surface area (Å²) in [7, 11) is 0. The summed E-state index contributed by atoms with van der Waals surface area (Å²) in [6.45, 7) is 9.68. The molecule has 1 aromatic carbocycles. The van der Waals surface area contributed by atoms with Crippen molar-refractivity contribution in [3.63, 3.8) is 0 Å². The van der Waals surface area contributed by atoms with Crippen LogP contribution in [0.25, 0.3) is 32.7 Å². The van der Waals surface area contributed by atoms with Gasteiger partial charge in [0.25, 0.3) is 0 Å². The van der Waals surface area contributed by atoms with E-state index in [2.05, 4.69) is 41.4 Å². The molecule has 0 aliphatic heterocycles. The number of allylic oxidation sites excluding steroid dienone is 1. The fourth-order valence-corrected chi connectivity index (χ4v) is 6.86. The molecule has 3 aromatic heterocycles. The molecule has 1 fully saturated rings. The quantitative estimate of drug-likeness (QED) is 0.166. The molecule has 42 heavy (non-hydrogen) atoms. The van der Waals surface area contributed by atoms with E-state index in [4.69, 9.17) is 9.72 Å². The molecule has 1 N–H and O–H groups in total. The van der Waals surface area contributed by atoms with Gasteiger partial charge in [0.1, 0.15) is 12.1 Å². The van der Waals surface area contributed by atoms with Gasteiger partial charge in [-0.25, -0.2) is 14.8 Å². The summed E-state index contributed by atoms with van der Waals surface area (Å²) in [5, 5.41) is 11.2. The van der Waals surface area contributed by atoms with Crippen LogP contribution in [0.3, 0.4) is 0 Å². The number of carboxylic acids is 1. The van der Waals surface area contributed by atoms with Crippen LogP contribution in [-0.2, 0) is 27.3 Å². The lowest BCUT2D eigenvalue weighted by Gasteiger charge is -2.24. The normalized spacial score (nSPS) is 14.6. The van der Waals surface area contributed by atoms with Crippen LogP contribution in [0, 0.1) is 13.8 Å². The molecule has 0 spiro atoms. The van der Waals surface area contributed by atoms with E-state index in [-0.39, 0.29) is 12.5 Å². The molecule has 0 saturated heterocycles. The van der Waals surface area contributed by atoms with Crippen molar-refractivity contribution in [1.82, 2.24) is 14.5 Å². The number of nitrogens with zero attached hydrogens (tertiary/aromatic N) is 3. The first-order chi connectivity index (χ1) is 20.0. The summed E-state index contributed by atoms with van der Waals surface area (Å²) >= 11 is 1.65. The number of benzene rings is 1. The maximum Gasteiger partial charge on any atom is 0.327 e. The van der Waals surface area contributed by atoms with Crippen LogP contribution >= 0.6 is 11.3 Å². The number of carboxylic acid groups (broad SMARTS) is 1. The van der Waals surface area contributed by atoms with Gasteiger partial charge < -0.3 is 14.4 Å². The van der Waals surface area contributed by atoms with Gasteiger partial charge in [-0.1, -0.05) is 37.5 Å². The number of hydrogen-bond acceptors (Lipinski definition) is 6. The zero-order chi connectivity index (χ0) is 30.0. The standard InChI is InChI=1S/C34H39N3O4S/c1-21-33(42-22(2)35-21)29-17-14-24-18-25(15-16-28(24)36-29)32-27(23-10-7-6-8-11-23)19-26(12-9-13-30(38)39)37(32)20-31(40)41-34(3,4)5/h9,13-19,23H,6-8,10-12,20H2,1-5H3,(H,38,39)/b13-9+. The zero-order valence-electron chi connectivity index (χ0n) is 25.1. The maximum absolute atomic E-state index is 13.2. The average molecular weight is 586 g/mol. The van der Waals surface area contributed by atoms with Crippen LogP contribution in [0.15, 0.2) is 48.6 Å². The van der Waals surface area contributed by atoms with E-state index >= 15 is 0 Å². The molecule has 0 bridgehead atoms. The molecule has 220 valence electrons. The largest absolute Gasteiger partial charge is 0.478 e. The predicted octanol–water partition coefficient (Wildman–Crippen LogP) is 8.02. The van der Waals surface area contributed by atoms with E-state index in [0.717, 1.165) is 68.0 Å². The second-order valence-corrected chi connectivity index (χ2v) is 13.3. The Hall–Kier alpha value is -3.78. The summed E-state index contributed by atoms with van der Waals surface area (Å²) in [6.07, 6.45) is 9.00. The Labute approximate surface area is 251 Å². The van der Waals surface area contributed by atoms with Crippen molar-refractivity contribution < 1.29 is 19.4 Å². The van der Waals surface area contributed by atoms with Gasteiger partial charge in [0.05, 0.1) is 32.5 Å². The third-order valence-corrected chi connectivity index (χ3v) is 8.75. The van der Waals surface area contributed by atoms with Gasteiger partial charge in [-0.2, -0.15) is 0 Å². The molecule has 0 amide bonds. The second kappa shape index (κ2) is 12.2. The van der Waals surface area contributed by atoms with Gasteiger partial charge in [-0.05, 0) is 88.8 Å². The number of rotatable bonds is 8. The van der Waals surface area contributed by atoms with E-state index in [1.165, 1.54) is 24.8 Å². The SMILES string of the molecule is Cc1nc(C)c(-c2ccc3cc(-c4c(C5CCCCC5)cc(C/C=C/C(=O)O)n4CC(=O)OC(C)(C)C)ccc3n2)s1. The van der Waals surface area contributed by atoms with Crippen LogP contribution in [-0.4, -0.2) is 37.2 Å². The first-order valence-corrected chi connectivity index (χ1v) is 15.5. The Kier molecular flexibility index (Phi) is 8.64. The van der Waals surface area contributed by atoms with Crippen molar-refractivity contribution in [2.75, 3.05) is 0 Å². The molecule has 4 aromatic rings. The molecular formula is C34H39N3O4S. The smallest absolute Gasteiger partial charge is 0.327 e. The summed E-state index contributed by atoms with van der Waals surface area (Å²) in [6, 6.07) is 12.6. The van der Waals surface area contributed by atoms with Crippen molar-refractivity contribution in [2.45, 2.75) is 91.2 Å². The number of esters is 1. The molecule has 1 saturated carbocycles.